The predicted molar refractivity (Wildman–Crippen MR) is 105 cm³/mol. The molecule has 9 nitrogen and oxygen atoms in total. The van der Waals surface area contributed by atoms with Crippen LogP contribution in [-0.4, -0.2) is 41.9 Å². The molecule has 1 aliphatic rings. The van der Waals surface area contributed by atoms with Gasteiger partial charge >= 0.3 is 6.03 Å². The molecule has 0 bridgehead atoms. The van der Waals surface area contributed by atoms with Crippen molar-refractivity contribution in [2.24, 2.45) is 0 Å². The molecule has 0 saturated carbocycles. The average Bonchev–Trinajstić information content (AvgIpc) is 2.96. The highest BCUT2D eigenvalue weighted by atomic mass is 16.5. The van der Waals surface area contributed by atoms with E-state index in [1.165, 1.54) is 12.1 Å². The van der Waals surface area contributed by atoms with Gasteiger partial charge in [-0.1, -0.05) is 35.9 Å². The molecule has 2 aromatic rings. The first-order valence-electron chi connectivity index (χ1n) is 8.96. The summed E-state index contributed by atoms with van der Waals surface area (Å²) in [5.41, 5.74) is 1.90. The van der Waals surface area contributed by atoms with Crippen LogP contribution in [0.5, 0.6) is 5.75 Å². The van der Waals surface area contributed by atoms with Gasteiger partial charge in [0.1, 0.15) is 24.6 Å². The van der Waals surface area contributed by atoms with Gasteiger partial charge in [-0.15, -0.1) is 0 Å². The molecule has 154 valence electrons. The van der Waals surface area contributed by atoms with Crippen LogP contribution in [0.3, 0.4) is 0 Å². The minimum absolute atomic E-state index is 0.0624. The van der Waals surface area contributed by atoms with Gasteiger partial charge < -0.3 is 25.3 Å². The van der Waals surface area contributed by atoms with E-state index in [9.17, 15) is 24.3 Å². The molecule has 1 aliphatic heterocycles. The number of aryl methyl sites for hydroxylation is 1. The number of ether oxygens (including phenoxy) is 1. The number of amides is 4. The number of aliphatic carboxylic acids is 1. The third kappa shape index (κ3) is 5.02. The van der Waals surface area contributed by atoms with Crippen LogP contribution < -0.4 is 20.5 Å². The van der Waals surface area contributed by atoms with Crippen molar-refractivity contribution in [1.82, 2.24) is 10.2 Å². The van der Waals surface area contributed by atoms with Gasteiger partial charge in [-0.25, -0.2) is 9.69 Å². The van der Waals surface area contributed by atoms with Crippen LogP contribution in [0.4, 0.5) is 10.5 Å². The summed E-state index contributed by atoms with van der Waals surface area (Å²) in [7, 11) is 0. The first kappa shape index (κ1) is 20.6. The molecule has 0 atom stereocenters. The zero-order chi connectivity index (χ0) is 21.7. The van der Waals surface area contributed by atoms with Crippen LogP contribution in [0.15, 0.2) is 54.2 Å². The maximum absolute atomic E-state index is 12.6. The zero-order valence-electron chi connectivity index (χ0n) is 16.0. The quantitative estimate of drug-likeness (QED) is 0.512. The summed E-state index contributed by atoms with van der Waals surface area (Å²) in [6, 6.07) is 12.7. The Balaban J connectivity index is 1.71. The second-order valence-electron chi connectivity index (χ2n) is 6.49. The van der Waals surface area contributed by atoms with Crippen LogP contribution in [0, 0.1) is 6.92 Å². The lowest BCUT2D eigenvalue weighted by Crippen LogP contribution is -2.38. The van der Waals surface area contributed by atoms with E-state index in [4.69, 9.17) is 4.74 Å². The minimum atomic E-state index is -1.39. The first-order valence-corrected chi connectivity index (χ1v) is 8.96. The number of urea groups is 1. The van der Waals surface area contributed by atoms with E-state index in [1.807, 2.05) is 19.1 Å². The van der Waals surface area contributed by atoms with Crippen molar-refractivity contribution < 1.29 is 29.0 Å². The number of carboxylic acids is 1. The summed E-state index contributed by atoms with van der Waals surface area (Å²) in [5, 5.41) is 15.6. The number of imide groups is 1. The summed E-state index contributed by atoms with van der Waals surface area (Å²) in [4.78, 5) is 48.4. The number of rotatable bonds is 7. The molecule has 4 amide bonds. The monoisotopic (exact) mass is 408 g/mol. The number of anilines is 1. The largest absolute Gasteiger partial charge is 0.546 e. The molecule has 2 N–H and O–H groups in total. The van der Waals surface area contributed by atoms with Gasteiger partial charge in [0.15, 0.2) is 0 Å². The molecule has 0 radical (unpaired) electrons. The van der Waals surface area contributed by atoms with Gasteiger partial charge in [0.2, 0.25) is 5.91 Å². The Morgan fingerprint density at radius 1 is 1.13 bits per heavy atom. The molecule has 1 fully saturated rings. The summed E-state index contributed by atoms with van der Waals surface area (Å²) >= 11 is 0. The fourth-order valence-corrected chi connectivity index (χ4v) is 2.72. The molecular weight excluding hydrogens is 390 g/mol. The van der Waals surface area contributed by atoms with E-state index in [2.05, 4.69) is 10.6 Å². The molecule has 2 aromatic carbocycles. The van der Waals surface area contributed by atoms with Crippen molar-refractivity contribution in [3.63, 3.8) is 0 Å². The Hall–Kier alpha value is -4.14. The Morgan fingerprint density at radius 2 is 1.83 bits per heavy atom. The van der Waals surface area contributed by atoms with Crippen LogP contribution >= 0.6 is 0 Å². The number of nitrogens with one attached hydrogen (secondary N) is 2. The fourth-order valence-electron chi connectivity index (χ4n) is 2.72. The Kier molecular flexibility index (Phi) is 6.11. The lowest BCUT2D eigenvalue weighted by molar-refractivity contribution is -0.307. The summed E-state index contributed by atoms with van der Waals surface area (Å²) in [6.07, 6.45) is 1.35. The first-order chi connectivity index (χ1) is 14.3. The van der Waals surface area contributed by atoms with Crippen molar-refractivity contribution in [2.45, 2.75) is 6.92 Å². The van der Waals surface area contributed by atoms with Crippen LogP contribution in [0.2, 0.25) is 0 Å². The maximum atomic E-state index is 12.6. The number of carbonyl (C=O) groups is 4. The molecule has 9 heteroatoms. The summed E-state index contributed by atoms with van der Waals surface area (Å²) < 4.78 is 5.13. The molecule has 0 spiro atoms. The molecule has 1 saturated heterocycles. The smallest absolute Gasteiger partial charge is 0.329 e. The number of benzene rings is 2. The Bertz CT molecular complexity index is 1030. The van der Waals surface area contributed by atoms with Gasteiger partial charge in [0, 0.05) is 11.3 Å². The van der Waals surface area contributed by atoms with Gasteiger partial charge in [-0.05, 0) is 31.2 Å². The minimum Gasteiger partial charge on any atom is -0.546 e. The number of hydrogen-bond acceptors (Lipinski definition) is 6. The number of nitrogens with zero attached hydrogens (tertiary/aromatic N) is 1. The maximum Gasteiger partial charge on any atom is 0.329 e. The SMILES string of the molecule is Cc1ccc(NC(=O)CN2C(=O)N/C(=C/c3ccccc3OCC(=O)[O-])C2=O)cc1. The zero-order valence-corrected chi connectivity index (χ0v) is 16.0. The second-order valence-corrected chi connectivity index (χ2v) is 6.49. The molecule has 3 rings (SSSR count). The van der Waals surface area contributed by atoms with Gasteiger partial charge in [0.05, 0.1) is 5.97 Å². The standard InChI is InChI=1S/C21H19N3O6/c1-13-6-8-15(9-7-13)22-18(25)11-24-20(28)16(23-21(24)29)10-14-4-2-3-5-17(14)30-12-19(26)27/h2-10H,11-12H2,1H3,(H,22,25)(H,23,29)(H,26,27)/p-1/b16-10+. The van der Waals surface area contributed by atoms with Crippen molar-refractivity contribution in [2.75, 3.05) is 18.5 Å². The molecule has 0 unspecified atom stereocenters. The van der Waals surface area contributed by atoms with Crippen LogP contribution in [0.1, 0.15) is 11.1 Å². The summed E-state index contributed by atoms with van der Waals surface area (Å²) in [5.74, 6) is -2.41. The highest BCUT2D eigenvalue weighted by Crippen LogP contribution is 2.22. The van der Waals surface area contributed by atoms with Crippen LogP contribution in [-0.2, 0) is 14.4 Å². The number of hydrogen-bond donors (Lipinski definition) is 2. The Morgan fingerprint density at radius 3 is 2.53 bits per heavy atom. The third-order valence-electron chi connectivity index (χ3n) is 4.16. The van der Waals surface area contributed by atoms with Crippen molar-refractivity contribution in [1.29, 1.82) is 0 Å². The lowest BCUT2D eigenvalue weighted by atomic mass is 10.1. The highest BCUT2D eigenvalue weighted by Gasteiger charge is 2.35. The molecule has 0 aromatic heterocycles. The van der Waals surface area contributed by atoms with Gasteiger partial charge in [-0.2, -0.15) is 0 Å². The average molecular weight is 408 g/mol. The highest BCUT2D eigenvalue weighted by molar-refractivity contribution is 6.16. The van der Waals surface area contributed by atoms with Crippen molar-refractivity contribution >= 4 is 35.6 Å². The van der Waals surface area contributed by atoms with Crippen molar-refractivity contribution in [3.05, 3.63) is 65.4 Å². The summed E-state index contributed by atoms with van der Waals surface area (Å²) in [6.45, 7) is 0.791. The molecular formula is C21H18N3O6-. The molecule has 1 heterocycles. The van der Waals surface area contributed by atoms with E-state index >= 15 is 0 Å². The van der Waals surface area contributed by atoms with E-state index < -0.39 is 37.0 Å². The van der Waals surface area contributed by atoms with E-state index in [-0.39, 0.29) is 11.4 Å². The number of para-hydroxylation sites is 1. The Labute approximate surface area is 171 Å². The lowest BCUT2D eigenvalue weighted by Gasteiger charge is -2.12. The van der Waals surface area contributed by atoms with E-state index in [1.54, 1.807) is 30.3 Å². The fraction of sp³-hybridized carbons (Fsp3) is 0.143. The predicted octanol–water partition coefficient (Wildman–Crippen LogP) is 0.655. The van der Waals surface area contributed by atoms with Crippen LogP contribution in [0.25, 0.3) is 6.08 Å². The topological polar surface area (TPSA) is 128 Å². The third-order valence-corrected chi connectivity index (χ3v) is 4.16. The van der Waals surface area contributed by atoms with Gasteiger partial charge in [0.25, 0.3) is 5.91 Å². The van der Waals surface area contributed by atoms with E-state index in [0.717, 1.165) is 10.5 Å². The van der Waals surface area contributed by atoms with Crippen molar-refractivity contribution in [3.8, 4) is 5.75 Å². The molecule has 30 heavy (non-hydrogen) atoms. The number of carboxylic acid groups (broad SMARTS) is 1. The number of carbonyl (C=O) groups excluding carboxylic acids is 4. The van der Waals surface area contributed by atoms with Gasteiger partial charge in [-0.3, -0.25) is 9.59 Å². The second kappa shape index (κ2) is 8.91. The normalized spacial score (nSPS) is 14.6. The van der Waals surface area contributed by atoms with E-state index in [0.29, 0.717) is 11.3 Å². The molecule has 0 aliphatic carbocycles.